The molecule has 4 rings (SSSR count). The minimum absolute atomic E-state index is 0.0586. The highest BCUT2D eigenvalue weighted by Gasteiger charge is 2.47. The van der Waals surface area contributed by atoms with Crippen LogP contribution in [0.3, 0.4) is 0 Å². The quantitative estimate of drug-likeness (QED) is 0.790. The van der Waals surface area contributed by atoms with Crippen molar-refractivity contribution in [3.63, 3.8) is 0 Å². The van der Waals surface area contributed by atoms with Gasteiger partial charge >= 0.3 is 0 Å². The molecule has 0 unspecified atom stereocenters. The second-order valence-corrected chi connectivity index (χ2v) is 9.99. The van der Waals surface area contributed by atoms with E-state index in [0.29, 0.717) is 25.2 Å². The van der Waals surface area contributed by atoms with Gasteiger partial charge in [0, 0.05) is 36.8 Å². The lowest BCUT2D eigenvalue weighted by Crippen LogP contribution is -2.36. The van der Waals surface area contributed by atoms with Gasteiger partial charge in [0.2, 0.25) is 15.9 Å². The maximum absolute atomic E-state index is 14.3. The largest absolute Gasteiger partial charge is 0.342 e. The Hall–Kier alpha value is -2.32. The lowest BCUT2D eigenvalue weighted by Gasteiger charge is -2.21. The molecule has 1 aromatic carbocycles. The van der Waals surface area contributed by atoms with Crippen molar-refractivity contribution in [1.82, 2.24) is 14.6 Å². The summed E-state index contributed by atoms with van der Waals surface area (Å²) in [6.07, 6.45) is 5.59. The number of hydrogen-bond donors (Lipinski definition) is 1. The molecule has 1 saturated carbocycles. The number of benzene rings is 1. The van der Waals surface area contributed by atoms with Crippen LogP contribution in [0, 0.1) is 11.7 Å². The highest BCUT2D eigenvalue weighted by molar-refractivity contribution is 7.88. The topological polar surface area (TPSA) is 79.4 Å². The van der Waals surface area contributed by atoms with Gasteiger partial charge in [0.25, 0.3) is 0 Å². The van der Waals surface area contributed by atoms with Crippen molar-refractivity contribution in [1.29, 1.82) is 0 Å². The first-order valence-corrected chi connectivity index (χ1v) is 12.2. The molecule has 1 aliphatic carbocycles. The molecular weight excluding hydrogens is 405 g/mol. The fourth-order valence-corrected chi connectivity index (χ4v) is 5.24. The van der Waals surface area contributed by atoms with Gasteiger partial charge < -0.3 is 4.90 Å². The maximum Gasteiger partial charge on any atom is 0.226 e. The number of carbonyl (C=O) groups excluding carboxylic acids is 1. The highest BCUT2D eigenvalue weighted by atomic mass is 32.2. The fourth-order valence-electron chi connectivity index (χ4n) is 4.40. The Kier molecular flexibility index (Phi) is 5.88. The summed E-state index contributed by atoms with van der Waals surface area (Å²) >= 11 is 0. The van der Waals surface area contributed by atoms with Crippen molar-refractivity contribution < 1.29 is 17.6 Å². The molecule has 8 heteroatoms. The molecule has 2 aromatic rings. The van der Waals surface area contributed by atoms with Crippen LogP contribution in [0.15, 0.2) is 42.6 Å². The SMILES string of the molecule is CS(=O)(=O)N[C@H]1CCCN(C(=O)[C@@H]2C[C@H]2c2ccccc2-c2ncccc2F)CC1. The summed E-state index contributed by atoms with van der Waals surface area (Å²) in [5, 5.41) is 0. The Morgan fingerprint density at radius 2 is 1.97 bits per heavy atom. The van der Waals surface area contributed by atoms with Crippen molar-refractivity contribution >= 4 is 15.9 Å². The first kappa shape index (κ1) is 20.9. The summed E-state index contributed by atoms with van der Waals surface area (Å²) in [6.45, 7) is 1.19. The lowest BCUT2D eigenvalue weighted by molar-refractivity contribution is -0.132. The number of hydrogen-bond acceptors (Lipinski definition) is 4. The van der Waals surface area contributed by atoms with Gasteiger partial charge in [-0.25, -0.2) is 17.5 Å². The van der Waals surface area contributed by atoms with Gasteiger partial charge in [-0.15, -0.1) is 0 Å². The number of nitrogens with zero attached hydrogens (tertiary/aromatic N) is 2. The third-order valence-electron chi connectivity index (χ3n) is 5.90. The van der Waals surface area contributed by atoms with Crippen molar-refractivity contribution in [2.24, 2.45) is 5.92 Å². The van der Waals surface area contributed by atoms with E-state index in [4.69, 9.17) is 0 Å². The van der Waals surface area contributed by atoms with E-state index in [1.807, 2.05) is 29.2 Å². The van der Waals surface area contributed by atoms with Crippen LogP contribution in [0.1, 0.15) is 37.2 Å². The minimum atomic E-state index is -3.25. The number of carbonyl (C=O) groups is 1. The zero-order chi connectivity index (χ0) is 21.3. The molecule has 1 aliphatic heterocycles. The second-order valence-electron chi connectivity index (χ2n) is 8.21. The van der Waals surface area contributed by atoms with Crippen molar-refractivity contribution in [2.75, 3.05) is 19.3 Å². The van der Waals surface area contributed by atoms with Crippen LogP contribution in [0.2, 0.25) is 0 Å². The molecule has 1 aromatic heterocycles. The van der Waals surface area contributed by atoms with E-state index in [-0.39, 0.29) is 29.6 Å². The Morgan fingerprint density at radius 1 is 1.17 bits per heavy atom. The molecule has 30 heavy (non-hydrogen) atoms. The van der Waals surface area contributed by atoms with E-state index in [0.717, 1.165) is 36.6 Å². The van der Waals surface area contributed by atoms with Crippen molar-refractivity contribution in [3.8, 4) is 11.3 Å². The molecule has 2 fully saturated rings. The number of sulfonamides is 1. The molecule has 2 aliphatic rings. The number of nitrogens with one attached hydrogen (secondary N) is 1. The molecule has 6 nitrogen and oxygen atoms in total. The molecule has 1 saturated heterocycles. The standard InChI is InChI=1S/C22H26FN3O3S/c1-30(28,29)25-15-6-5-12-26(13-10-15)22(27)19-14-18(19)16-7-2-3-8-17(16)21-20(23)9-4-11-24-21/h2-4,7-9,11,15,18-19,25H,5-6,10,12-14H2,1H3/t15-,18-,19+/m0/s1. The van der Waals surface area contributed by atoms with E-state index in [9.17, 15) is 17.6 Å². The summed E-state index contributed by atoms with van der Waals surface area (Å²) in [5.41, 5.74) is 2.01. The van der Waals surface area contributed by atoms with E-state index >= 15 is 0 Å². The fraction of sp³-hybridized carbons (Fsp3) is 0.455. The highest BCUT2D eigenvalue weighted by Crippen LogP contribution is 2.51. The molecule has 160 valence electrons. The van der Waals surface area contributed by atoms with Gasteiger partial charge in [-0.2, -0.15) is 0 Å². The van der Waals surface area contributed by atoms with Crippen LogP contribution in [-0.2, 0) is 14.8 Å². The lowest BCUT2D eigenvalue weighted by atomic mass is 9.98. The summed E-state index contributed by atoms with van der Waals surface area (Å²) in [5.74, 6) is -0.317. The Morgan fingerprint density at radius 3 is 2.73 bits per heavy atom. The summed E-state index contributed by atoms with van der Waals surface area (Å²) in [6, 6.07) is 10.4. The average Bonchev–Trinajstić information content (AvgIpc) is 3.51. The monoisotopic (exact) mass is 431 g/mol. The zero-order valence-electron chi connectivity index (χ0n) is 16.9. The first-order valence-electron chi connectivity index (χ1n) is 10.3. The van der Waals surface area contributed by atoms with Gasteiger partial charge in [-0.05, 0) is 49.3 Å². The maximum atomic E-state index is 14.3. The van der Waals surface area contributed by atoms with Crippen LogP contribution >= 0.6 is 0 Å². The van der Waals surface area contributed by atoms with E-state index < -0.39 is 10.0 Å². The molecule has 2 heterocycles. The van der Waals surface area contributed by atoms with Crippen LogP contribution in [0.25, 0.3) is 11.3 Å². The molecule has 0 spiro atoms. The van der Waals surface area contributed by atoms with Gasteiger partial charge in [0.05, 0.1) is 6.26 Å². The number of pyridine rings is 1. The predicted molar refractivity (Wildman–Crippen MR) is 113 cm³/mol. The summed E-state index contributed by atoms with van der Waals surface area (Å²) in [4.78, 5) is 19.2. The van der Waals surface area contributed by atoms with Crippen molar-refractivity contribution in [3.05, 3.63) is 54.0 Å². The van der Waals surface area contributed by atoms with Gasteiger partial charge in [-0.1, -0.05) is 24.3 Å². The minimum Gasteiger partial charge on any atom is -0.342 e. The molecule has 0 bridgehead atoms. The Bertz CT molecular complexity index is 1040. The summed E-state index contributed by atoms with van der Waals surface area (Å²) < 4.78 is 39.9. The van der Waals surface area contributed by atoms with Crippen LogP contribution in [-0.4, -0.2) is 49.6 Å². The van der Waals surface area contributed by atoms with Crippen LogP contribution < -0.4 is 4.72 Å². The summed E-state index contributed by atoms with van der Waals surface area (Å²) in [7, 11) is -3.25. The number of halogens is 1. The van der Waals surface area contributed by atoms with Gasteiger partial charge in [0.15, 0.2) is 0 Å². The molecule has 1 N–H and O–H groups in total. The van der Waals surface area contributed by atoms with Crippen LogP contribution in [0.5, 0.6) is 0 Å². The molecule has 0 radical (unpaired) electrons. The first-order chi connectivity index (χ1) is 14.3. The smallest absolute Gasteiger partial charge is 0.226 e. The third kappa shape index (κ3) is 4.70. The van der Waals surface area contributed by atoms with E-state index in [1.54, 1.807) is 12.3 Å². The third-order valence-corrected chi connectivity index (χ3v) is 6.66. The Labute approximate surface area is 176 Å². The molecular formula is C22H26FN3O3S. The second kappa shape index (κ2) is 8.43. The molecule has 1 amide bonds. The number of rotatable bonds is 5. The van der Waals surface area contributed by atoms with E-state index in [1.165, 1.54) is 6.07 Å². The van der Waals surface area contributed by atoms with Crippen molar-refractivity contribution in [2.45, 2.75) is 37.6 Å². The zero-order valence-corrected chi connectivity index (χ0v) is 17.7. The van der Waals surface area contributed by atoms with E-state index in [2.05, 4.69) is 9.71 Å². The average molecular weight is 432 g/mol. The predicted octanol–water partition coefficient (Wildman–Crippen LogP) is 2.92. The van der Waals surface area contributed by atoms with Gasteiger partial charge in [-0.3, -0.25) is 9.78 Å². The number of likely N-dealkylation sites (tertiary alicyclic amines) is 1. The molecule has 3 atom stereocenters. The van der Waals surface area contributed by atoms with Gasteiger partial charge in [0.1, 0.15) is 11.5 Å². The van der Waals surface area contributed by atoms with Crippen LogP contribution in [0.4, 0.5) is 4.39 Å². The number of amides is 1. The Balaban J connectivity index is 1.45. The normalized spacial score (nSPS) is 24.3. The number of aromatic nitrogens is 1.